The molecule has 5 nitrogen and oxygen atoms in total. The minimum atomic E-state index is 0.549. The van der Waals surface area contributed by atoms with Crippen molar-refractivity contribution in [1.82, 2.24) is 9.13 Å². The Balaban J connectivity index is 1.33. The zero-order valence-electron chi connectivity index (χ0n) is 26.3. The molecule has 0 atom stereocenters. The van der Waals surface area contributed by atoms with E-state index in [0.717, 1.165) is 95.7 Å². The van der Waals surface area contributed by atoms with E-state index in [-0.39, 0.29) is 0 Å². The highest BCUT2D eigenvalue weighted by Crippen LogP contribution is 2.43. The van der Waals surface area contributed by atoms with Crippen molar-refractivity contribution in [3.05, 3.63) is 150 Å². The predicted octanol–water partition coefficient (Wildman–Crippen LogP) is 11.0. The maximum Gasteiger partial charge on any atom is 0.135 e. The summed E-state index contributed by atoms with van der Waals surface area (Å²) in [6.07, 6.45) is 6.19. The van der Waals surface area contributed by atoms with Crippen LogP contribution in [0.5, 0.6) is 0 Å². The molecular formula is C44H26N4O. The first-order valence-corrected chi connectivity index (χ1v) is 16.4. The van der Waals surface area contributed by atoms with Gasteiger partial charge in [0.25, 0.3) is 0 Å². The van der Waals surface area contributed by atoms with E-state index in [2.05, 4.69) is 118 Å². The molecule has 3 aromatic heterocycles. The Kier molecular flexibility index (Phi) is 5.76. The number of benzene rings is 6. The lowest BCUT2D eigenvalue weighted by atomic mass is 9.96. The van der Waals surface area contributed by atoms with Crippen molar-refractivity contribution in [1.29, 1.82) is 10.5 Å². The third kappa shape index (κ3) is 3.91. The Hall–Kier alpha value is -6.82. The van der Waals surface area contributed by atoms with Gasteiger partial charge in [-0.1, -0.05) is 60.7 Å². The smallest absolute Gasteiger partial charge is 0.135 e. The number of para-hydroxylation sites is 3. The van der Waals surface area contributed by atoms with Gasteiger partial charge >= 0.3 is 0 Å². The van der Waals surface area contributed by atoms with E-state index in [1.807, 2.05) is 36.4 Å². The van der Waals surface area contributed by atoms with Crippen molar-refractivity contribution in [3.8, 4) is 34.6 Å². The molecule has 1 aliphatic rings. The van der Waals surface area contributed by atoms with Gasteiger partial charge in [-0.25, -0.2) is 0 Å². The summed E-state index contributed by atoms with van der Waals surface area (Å²) in [4.78, 5) is 0. The highest BCUT2D eigenvalue weighted by molar-refractivity contribution is 6.14. The molecule has 0 unspecified atom stereocenters. The number of aryl methyl sites for hydroxylation is 1. The molecule has 0 saturated heterocycles. The molecule has 6 aromatic carbocycles. The van der Waals surface area contributed by atoms with E-state index in [1.165, 1.54) is 5.56 Å². The second kappa shape index (κ2) is 10.3. The fraction of sp³-hybridized carbons (Fsp3) is 0.0455. The van der Waals surface area contributed by atoms with E-state index in [0.29, 0.717) is 11.1 Å². The van der Waals surface area contributed by atoms with Gasteiger partial charge in [-0.3, -0.25) is 0 Å². The zero-order chi connectivity index (χ0) is 32.6. The minimum Gasteiger partial charge on any atom is -0.456 e. The summed E-state index contributed by atoms with van der Waals surface area (Å²) in [5, 5.41) is 26.0. The average Bonchev–Trinajstić information content (AvgIpc) is 3.80. The number of aromatic nitrogens is 2. The molecule has 0 amide bonds. The van der Waals surface area contributed by atoms with Gasteiger partial charge in [0.15, 0.2) is 0 Å². The summed E-state index contributed by atoms with van der Waals surface area (Å²) in [7, 11) is 0. The highest BCUT2D eigenvalue weighted by atomic mass is 16.3. The second-order valence-electron chi connectivity index (χ2n) is 12.7. The summed E-state index contributed by atoms with van der Waals surface area (Å²) in [6.45, 7) is 0. The van der Waals surface area contributed by atoms with Crippen LogP contribution in [0, 0.1) is 22.7 Å². The molecule has 49 heavy (non-hydrogen) atoms. The molecule has 3 heterocycles. The molecule has 0 aliphatic heterocycles. The van der Waals surface area contributed by atoms with Crippen LogP contribution < -0.4 is 0 Å². The molecule has 0 fully saturated rings. The van der Waals surface area contributed by atoms with Gasteiger partial charge in [0.05, 0.1) is 56.7 Å². The SMILES string of the molecule is N#Cc1ccc(-n2c3ccccc3c3ccccc32)c(-c2cc(C#N)ccc2-n2c3ccccc3c3cc4oc5c(c4cc32)CCC=C5)c1. The lowest BCUT2D eigenvalue weighted by molar-refractivity contribution is 0.596. The van der Waals surface area contributed by atoms with Crippen LogP contribution in [0.25, 0.3) is 83.2 Å². The number of nitrogens with zero attached hydrogens (tertiary/aromatic N) is 4. The number of rotatable bonds is 3. The molecule has 9 aromatic rings. The van der Waals surface area contributed by atoms with Crippen LogP contribution in [0.3, 0.4) is 0 Å². The minimum absolute atomic E-state index is 0.549. The number of furan rings is 1. The normalized spacial score (nSPS) is 12.6. The predicted molar refractivity (Wildman–Crippen MR) is 197 cm³/mol. The van der Waals surface area contributed by atoms with E-state index in [4.69, 9.17) is 4.42 Å². The van der Waals surface area contributed by atoms with Crippen molar-refractivity contribution >= 4 is 60.7 Å². The van der Waals surface area contributed by atoms with Crippen LogP contribution in [0.15, 0.2) is 132 Å². The summed E-state index contributed by atoms with van der Waals surface area (Å²) >= 11 is 0. The van der Waals surface area contributed by atoms with Gasteiger partial charge < -0.3 is 13.6 Å². The van der Waals surface area contributed by atoms with Crippen molar-refractivity contribution in [2.75, 3.05) is 0 Å². The van der Waals surface area contributed by atoms with Gasteiger partial charge in [-0.15, -0.1) is 0 Å². The highest BCUT2D eigenvalue weighted by Gasteiger charge is 2.23. The van der Waals surface area contributed by atoms with Crippen LogP contribution in [0.4, 0.5) is 0 Å². The molecular weight excluding hydrogens is 601 g/mol. The first-order valence-electron chi connectivity index (χ1n) is 16.4. The molecule has 0 bridgehead atoms. The monoisotopic (exact) mass is 626 g/mol. The summed E-state index contributed by atoms with van der Waals surface area (Å²) in [6, 6.07) is 46.3. The Labute approximate surface area is 281 Å². The number of allylic oxidation sites excluding steroid dienone is 1. The number of nitriles is 2. The van der Waals surface area contributed by atoms with Crippen LogP contribution in [-0.2, 0) is 6.42 Å². The summed E-state index contributed by atoms with van der Waals surface area (Å²) in [5.41, 5.74) is 11.1. The number of hydrogen-bond acceptors (Lipinski definition) is 3. The lowest BCUT2D eigenvalue weighted by Crippen LogP contribution is -2.02. The fourth-order valence-electron chi connectivity index (χ4n) is 7.91. The zero-order valence-corrected chi connectivity index (χ0v) is 26.3. The van der Waals surface area contributed by atoms with E-state index < -0.39 is 0 Å². The standard InChI is InChI=1S/C44H26N4O/c45-25-27-17-19-40(47-37-13-5-1-9-29(37)30-10-2-6-14-38(30)47)33(21-27)34-22-28(26-46)18-20-41(34)48-39-15-7-3-11-31(39)35-24-44-36(23-42(35)48)32-12-4-8-16-43(32)49-44/h1-3,5-11,13-24H,4,12H2. The van der Waals surface area contributed by atoms with Gasteiger partial charge in [0.1, 0.15) is 11.3 Å². The summed E-state index contributed by atoms with van der Waals surface area (Å²) in [5.74, 6) is 0.938. The Morgan fingerprint density at radius 3 is 1.63 bits per heavy atom. The van der Waals surface area contributed by atoms with E-state index in [1.54, 1.807) is 0 Å². The first-order chi connectivity index (χ1) is 24.2. The van der Waals surface area contributed by atoms with E-state index >= 15 is 0 Å². The fourth-order valence-corrected chi connectivity index (χ4v) is 7.91. The Bertz CT molecular complexity index is 2920. The summed E-state index contributed by atoms with van der Waals surface area (Å²) < 4.78 is 11.0. The van der Waals surface area contributed by atoms with Crippen LogP contribution >= 0.6 is 0 Å². The van der Waals surface area contributed by atoms with Crippen LogP contribution in [0.2, 0.25) is 0 Å². The molecule has 10 rings (SSSR count). The van der Waals surface area contributed by atoms with Crippen molar-refractivity contribution in [2.24, 2.45) is 0 Å². The van der Waals surface area contributed by atoms with Gasteiger partial charge in [0, 0.05) is 43.6 Å². The van der Waals surface area contributed by atoms with Crippen molar-refractivity contribution in [2.45, 2.75) is 12.8 Å². The Morgan fingerprint density at radius 2 is 1.06 bits per heavy atom. The number of hydrogen-bond donors (Lipinski definition) is 0. The average molecular weight is 627 g/mol. The van der Waals surface area contributed by atoms with Gasteiger partial charge in [-0.05, 0) is 85.6 Å². The van der Waals surface area contributed by atoms with Gasteiger partial charge in [0.2, 0.25) is 0 Å². The first kappa shape index (κ1) is 27.3. The largest absolute Gasteiger partial charge is 0.456 e. The molecule has 1 aliphatic carbocycles. The van der Waals surface area contributed by atoms with Crippen LogP contribution in [-0.4, -0.2) is 9.13 Å². The molecule has 0 N–H and O–H groups in total. The Morgan fingerprint density at radius 1 is 0.531 bits per heavy atom. The molecule has 228 valence electrons. The van der Waals surface area contributed by atoms with E-state index in [9.17, 15) is 10.5 Å². The quantitative estimate of drug-likeness (QED) is 0.196. The maximum atomic E-state index is 10.2. The van der Waals surface area contributed by atoms with Gasteiger partial charge in [-0.2, -0.15) is 10.5 Å². The van der Waals surface area contributed by atoms with Crippen molar-refractivity contribution < 1.29 is 4.42 Å². The maximum absolute atomic E-state index is 10.2. The molecule has 5 heteroatoms. The second-order valence-corrected chi connectivity index (χ2v) is 12.7. The molecule has 0 saturated carbocycles. The lowest BCUT2D eigenvalue weighted by Gasteiger charge is -2.19. The van der Waals surface area contributed by atoms with Crippen molar-refractivity contribution in [3.63, 3.8) is 0 Å². The third-order valence-corrected chi connectivity index (χ3v) is 10.0. The van der Waals surface area contributed by atoms with Crippen LogP contribution in [0.1, 0.15) is 28.9 Å². The third-order valence-electron chi connectivity index (χ3n) is 10.0. The molecule has 0 radical (unpaired) electrons. The number of fused-ring (bicyclic) bond motifs is 9. The molecule has 0 spiro atoms. The topological polar surface area (TPSA) is 70.6 Å².